The summed E-state index contributed by atoms with van der Waals surface area (Å²) in [5.74, 6) is -2.24. The van der Waals surface area contributed by atoms with E-state index in [-0.39, 0.29) is 31.1 Å². The monoisotopic (exact) mass is 432 g/mol. The highest BCUT2D eigenvalue weighted by atomic mass is 32.1. The lowest BCUT2D eigenvalue weighted by Crippen LogP contribution is -2.33. The number of hydrogen-bond acceptors (Lipinski definition) is 7. The number of nitrogen functional groups attached to an aromatic ring is 1. The molecule has 9 nitrogen and oxygen atoms in total. The SMILES string of the molecule is [2H]C(C)OC(=O)C(CNC(=O)CCC(=O)Nc1ccc(C(=N)N)c(C)c1)c1nccs1. The van der Waals surface area contributed by atoms with Crippen molar-refractivity contribution in [3.63, 3.8) is 0 Å². The van der Waals surface area contributed by atoms with E-state index in [1.807, 2.05) is 0 Å². The number of aryl methyl sites for hydroxylation is 1. The van der Waals surface area contributed by atoms with Crippen LogP contribution in [0.15, 0.2) is 29.8 Å². The fourth-order valence-electron chi connectivity index (χ4n) is 2.67. The van der Waals surface area contributed by atoms with Crippen molar-refractivity contribution in [2.45, 2.75) is 32.6 Å². The Morgan fingerprint density at radius 3 is 2.67 bits per heavy atom. The number of ether oxygens (including phenoxy) is 1. The molecule has 30 heavy (non-hydrogen) atoms. The minimum atomic E-state index is -1.03. The smallest absolute Gasteiger partial charge is 0.317 e. The van der Waals surface area contributed by atoms with E-state index in [1.54, 1.807) is 36.7 Å². The van der Waals surface area contributed by atoms with Crippen LogP contribution in [0.25, 0.3) is 0 Å². The zero-order chi connectivity index (χ0) is 23.0. The quantitative estimate of drug-likeness (QED) is 0.256. The lowest BCUT2D eigenvalue weighted by molar-refractivity contribution is -0.145. The van der Waals surface area contributed by atoms with Crippen LogP contribution in [-0.2, 0) is 19.1 Å². The molecule has 1 aromatic carbocycles. The van der Waals surface area contributed by atoms with Crippen LogP contribution in [-0.4, -0.2) is 41.7 Å². The minimum Gasteiger partial charge on any atom is -0.465 e. The minimum absolute atomic E-state index is 0.0365. The van der Waals surface area contributed by atoms with Crippen LogP contribution in [0, 0.1) is 12.3 Å². The van der Waals surface area contributed by atoms with E-state index in [0.29, 0.717) is 16.3 Å². The number of nitrogens with one attached hydrogen (secondary N) is 3. The average molecular weight is 433 g/mol. The second kappa shape index (κ2) is 11.1. The highest BCUT2D eigenvalue weighted by Gasteiger charge is 2.25. The number of nitrogens with zero attached hydrogens (tertiary/aromatic N) is 1. The number of amides is 2. The van der Waals surface area contributed by atoms with Crippen molar-refractivity contribution < 1.29 is 20.5 Å². The van der Waals surface area contributed by atoms with Crippen LogP contribution in [0.1, 0.15) is 43.2 Å². The maximum absolute atomic E-state index is 12.2. The number of anilines is 1. The molecule has 0 bridgehead atoms. The standard InChI is InChI=1S/C20H25N5O4S/c1-3-29-20(28)15(19-23-8-9-30-19)11-24-16(26)6-7-17(27)25-13-4-5-14(18(21)22)12(2)10-13/h4-5,8-10,15H,3,6-7,11H2,1-2H3,(H3,21,22)(H,24,26)(H,25,27)/i3D. The Hall–Kier alpha value is -3.27. The molecule has 5 N–H and O–H groups in total. The molecule has 2 atom stereocenters. The second-order valence-electron chi connectivity index (χ2n) is 6.39. The summed E-state index contributed by atoms with van der Waals surface area (Å²) in [6, 6.07) is 4.99. The molecule has 0 aliphatic carbocycles. The molecule has 0 aliphatic rings. The Morgan fingerprint density at radius 1 is 1.33 bits per heavy atom. The molecule has 2 unspecified atom stereocenters. The maximum Gasteiger partial charge on any atom is 0.317 e. The fraction of sp³-hybridized carbons (Fsp3) is 0.350. The Labute approximate surface area is 179 Å². The Bertz CT molecular complexity index is 949. The first-order chi connectivity index (χ1) is 14.7. The summed E-state index contributed by atoms with van der Waals surface area (Å²) < 4.78 is 12.3. The first kappa shape index (κ1) is 21.4. The van der Waals surface area contributed by atoms with Gasteiger partial charge in [0.2, 0.25) is 11.8 Å². The molecular formula is C20H25N5O4S. The zero-order valence-corrected chi connectivity index (χ0v) is 17.5. The number of nitrogens with two attached hydrogens (primary N) is 1. The number of rotatable bonds is 10. The van der Waals surface area contributed by atoms with Gasteiger partial charge in [-0.1, -0.05) is 0 Å². The van der Waals surface area contributed by atoms with E-state index < -0.39 is 24.4 Å². The number of aromatic nitrogens is 1. The van der Waals surface area contributed by atoms with E-state index >= 15 is 0 Å². The van der Waals surface area contributed by atoms with Crippen LogP contribution in [0.4, 0.5) is 5.69 Å². The fourth-order valence-corrected chi connectivity index (χ4v) is 3.40. The van der Waals surface area contributed by atoms with Gasteiger partial charge in [-0.05, 0) is 37.6 Å². The third-order valence-electron chi connectivity index (χ3n) is 4.15. The third kappa shape index (κ3) is 6.66. The topological polar surface area (TPSA) is 147 Å². The number of carbonyl (C=O) groups excluding carboxylic acids is 3. The van der Waals surface area contributed by atoms with Crippen LogP contribution in [0.2, 0.25) is 0 Å². The molecule has 1 aromatic heterocycles. The van der Waals surface area contributed by atoms with Crippen molar-refractivity contribution in [1.29, 1.82) is 5.41 Å². The van der Waals surface area contributed by atoms with E-state index in [2.05, 4.69) is 15.6 Å². The molecule has 0 fully saturated rings. The molecule has 2 aromatic rings. The Morgan fingerprint density at radius 2 is 2.07 bits per heavy atom. The molecular weight excluding hydrogens is 406 g/mol. The van der Waals surface area contributed by atoms with Gasteiger partial charge in [0.25, 0.3) is 0 Å². The van der Waals surface area contributed by atoms with Gasteiger partial charge in [0.1, 0.15) is 16.8 Å². The van der Waals surface area contributed by atoms with Crippen LogP contribution < -0.4 is 16.4 Å². The number of esters is 1. The molecule has 1 heterocycles. The van der Waals surface area contributed by atoms with Gasteiger partial charge in [-0.2, -0.15) is 0 Å². The van der Waals surface area contributed by atoms with Crippen LogP contribution in [0.5, 0.6) is 0 Å². The molecule has 0 saturated carbocycles. The number of amidine groups is 1. The van der Waals surface area contributed by atoms with E-state index in [0.717, 1.165) is 5.56 Å². The third-order valence-corrected chi connectivity index (χ3v) is 5.04. The lowest BCUT2D eigenvalue weighted by atomic mass is 10.1. The second-order valence-corrected chi connectivity index (χ2v) is 7.32. The average Bonchev–Trinajstić information content (AvgIpc) is 3.20. The van der Waals surface area contributed by atoms with Crippen molar-refractivity contribution >= 4 is 40.6 Å². The van der Waals surface area contributed by atoms with Gasteiger partial charge >= 0.3 is 5.97 Å². The van der Waals surface area contributed by atoms with Gasteiger partial charge in [0, 0.05) is 42.2 Å². The van der Waals surface area contributed by atoms with Crippen LogP contribution >= 0.6 is 11.3 Å². The zero-order valence-electron chi connectivity index (χ0n) is 17.7. The van der Waals surface area contributed by atoms with Gasteiger partial charge in [0.05, 0.1) is 7.95 Å². The molecule has 0 saturated heterocycles. The Kier molecular flexibility index (Phi) is 7.90. The van der Waals surface area contributed by atoms with E-state index in [4.69, 9.17) is 17.3 Å². The molecule has 0 spiro atoms. The molecule has 0 aliphatic heterocycles. The summed E-state index contributed by atoms with van der Waals surface area (Å²) in [6.45, 7) is 2.14. The highest BCUT2D eigenvalue weighted by molar-refractivity contribution is 7.09. The summed E-state index contributed by atoms with van der Waals surface area (Å²) in [5.41, 5.74) is 7.37. The van der Waals surface area contributed by atoms with Crippen LogP contribution in [0.3, 0.4) is 0 Å². The lowest BCUT2D eigenvalue weighted by Gasteiger charge is -2.14. The van der Waals surface area contributed by atoms with Crippen molar-refractivity contribution in [2.75, 3.05) is 18.4 Å². The first-order valence-corrected chi connectivity index (χ1v) is 10.1. The molecule has 2 rings (SSSR count). The number of hydrogen-bond donors (Lipinski definition) is 4. The Balaban J connectivity index is 1.84. The van der Waals surface area contributed by atoms with Crippen molar-refractivity contribution in [3.8, 4) is 0 Å². The maximum atomic E-state index is 12.2. The predicted octanol–water partition coefficient (Wildman–Crippen LogP) is 1.92. The van der Waals surface area contributed by atoms with Crippen molar-refractivity contribution in [3.05, 3.63) is 45.9 Å². The number of thiazole rings is 1. The number of carbonyl (C=O) groups is 3. The normalized spacial score (nSPS) is 12.9. The summed E-state index contributed by atoms with van der Waals surface area (Å²) in [4.78, 5) is 40.6. The van der Waals surface area contributed by atoms with Gasteiger partial charge in [-0.15, -0.1) is 11.3 Å². The first-order valence-electron chi connectivity index (χ1n) is 9.78. The summed E-state index contributed by atoms with van der Waals surface area (Å²) >= 11 is 1.25. The summed E-state index contributed by atoms with van der Waals surface area (Å²) in [5, 5.41) is 15.0. The van der Waals surface area contributed by atoms with Gasteiger partial charge in [-0.25, -0.2) is 4.98 Å². The predicted molar refractivity (Wildman–Crippen MR) is 115 cm³/mol. The molecule has 2 amide bonds. The molecule has 10 heteroatoms. The molecule has 0 radical (unpaired) electrons. The van der Waals surface area contributed by atoms with Crippen molar-refractivity contribution in [2.24, 2.45) is 5.73 Å². The van der Waals surface area contributed by atoms with E-state index in [9.17, 15) is 14.4 Å². The van der Waals surface area contributed by atoms with Crippen molar-refractivity contribution in [1.82, 2.24) is 10.3 Å². The highest BCUT2D eigenvalue weighted by Crippen LogP contribution is 2.19. The number of benzene rings is 1. The van der Waals surface area contributed by atoms with Gasteiger partial charge < -0.3 is 21.1 Å². The van der Waals surface area contributed by atoms with Gasteiger partial charge in [-0.3, -0.25) is 19.8 Å². The molecule has 160 valence electrons. The van der Waals surface area contributed by atoms with E-state index in [1.165, 1.54) is 18.3 Å². The van der Waals surface area contributed by atoms with Gasteiger partial charge in [0.15, 0.2) is 0 Å². The summed E-state index contributed by atoms with van der Waals surface area (Å²) in [6.07, 6.45) is 1.43. The largest absolute Gasteiger partial charge is 0.465 e. The summed E-state index contributed by atoms with van der Waals surface area (Å²) in [7, 11) is 0.